The Bertz CT molecular complexity index is 786. The molecule has 22 heavy (non-hydrogen) atoms. The topological polar surface area (TPSA) is 79.4 Å². The molecule has 0 radical (unpaired) electrons. The number of nitrogens with zero attached hydrogens (tertiary/aromatic N) is 2. The predicted octanol–water partition coefficient (Wildman–Crippen LogP) is 2.35. The summed E-state index contributed by atoms with van der Waals surface area (Å²) >= 11 is 7.29. The number of thiazole rings is 1. The number of aryl methyl sites for hydroxylation is 1. The molecule has 1 saturated heterocycles. The van der Waals surface area contributed by atoms with Crippen LogP contribution in [0.15, 0.2) is 12.1 Å². The van der Waals surface area contributed by atoms with E-state index in [4.69, 9.17) is 11.6 Å². The number of nitrogens with one attached hydrogen (secondary N) is 1. The second-order valence-corrected chi connectivity index (χ2v) is 6.48. The third kappa shape index (κ3) is 2.82. The summed E-state index contributed by atoms with van der Waals surface area (Å²) in [5.41, 5.74) is 1.70. The number of hydrogen-bond donors (Lipinski definition) is 1. The van der Waals surface area contributed by atoms with Gasteiger partial charge in [-0.15, -0.1) is 0 Å². The number of benzene rings is 1. The van der Waals surface area contributed by atoms with Gasteiger partial charge >= 0.3 is 0 Å². The Balaban J connectivity index is 1.75. The van der Waals surface area contributed by atoms with Gasteiger partial charge in [-0.1, -0.05) is 22.9 Å². The van der Waals surface area contributed by atoms with Crippen molar-refractivity contribution in [3.05, 3.63) is 22.7 Å². The molecule has 1 fully saturated rings. The molecule has 3 rings (SSSR count). The highest BCUT2D eigenvalue weighted by Crippen LogP contribution is 2.30. The van der Waals surface area contributed by atoms with Crippen molar-refractivity contribution in [2.75, 3.05) is 11.9 Å². The molecule has 0 unspecified atom stereocenters. The van der Waals surface area contributed by atoms with E-state index >= 15 is 0 Å². The average molecular weight is 338 g/mol. The molecule has 114 valence electrons. The van der Waals surface area contributed by atoms with Gasteiger partial charge in [-0.3, -0.25) is 19.3 Å². The minimum Gasteiger partial charge on any atom is -0.300 e. The largest absolute Gasteiger partial charge is 0.300 e. The second-order valence-electron chi connectivity index (χ2n) is 5.01. The Hall–Kier alpha value is -1.99. The number of aromatic nitrogens is 1. The number of fused-ring (bicyclic) bond motifs is 1. The number of hydrogen-bond acceptors (Lipinski definition) is 5. The lowest BCUT2D eigenvalue weighted by Gasteiger charge is -2.12. The van der Waals surface area contributed by atoms with Crippen molar-refractivity contribution in [1.82, 2.24) is 9.88 Å². The van der Waals surface area contributed by atoms with Gasteiger partial charge in [0.15, 0.2) is 5.13 Å². The van der Waals surface area contributed by atoms with E-state index < -0.39 is 5.91 Å². The van der Waals surface area contributed by atoms with E-state index in [0.29, 0.717) is 10.2 Å². The van der Waals surface area contributed by atoms with E-state index in [0.717, 1.165) is 20.7 Å². The van der Waals surface area contributed by atoms with Gasteiger partial charge in [-0.05, 0) is 24.6 Å². The summed E-state index contributed by atoms with van der Waals surface area (Å²) in [6.07, 6.45) is 0.343. The van der Waals surface area contributed by atoms with Crippen molar-refractivity contribution in [3.8, 4) is 0 Å². The number of anilines is 1. The Morgan fingerprint density at radius 3 is 2.73 bits per heavy atom. The first-order valence-electron chi connectivity index (χ1n) is 6.64. The molecule has 2 aromatic rings. The number of carbonyl (C=O) groups is 3. The molecule has 6 nitrogen and oxygen atoms in total. The third-order valence-electron chi connectivity index (χ3n) is 3.35. The molecule has 1 aliphatic rings. The minimum absolute atomic E-state index is 0.172. The van der Waals surface area contributed by atoms with Crippen LogP contribution in [0.4, 0.5) is 5.13 Å². The van der Waals surface area contributed by atoms with Gasteiger partial charge in [-0.25, -0.2) is 4.98 Å². The molecule has 2 heterocycles. The Kier molecular flexibility index (Phi) is 3.84. The summed E-state index contributed by atoms with van der Waals surface area (Å²) in [6.45, 7) is 1.62. The zero-order valence-electron chi connectivity index (χ0n) is 11.7. The molecular weight excluding hydrogens is 326 g/mol. The van der Waals surface area contributed by atoms with Crippen LogP contribution in [0.2, 0.25) is 5.02 Å². The SMILES string of the molecule is Cc1cc(Cl)cc2sc(NC(=O)CN3C(=O)CCC3=O)nc12. The Labute approximate surface area is 135 Å². The standard InChI is InChI=1S/C14H12ClN3O3S/c1-7-4-8(15)5-9-13(7)17-14(22-9)16-10(19)6-18-11(20)2-3-12(18)21/h4-5H,2-3,6H2,1H3,(H,16,17,19). The molecule has 0 spiro atoms. The van der Waals surface area contributed by atoms with E-state index in [2.05, 4.69) is 10.3 Å². The molecule has 1 aliphatic heterocycles. The lowest BCUT2D eigenvalue weighted by molar-refractivity contribution is -0.141. The lowest BCUT2D eigenvalue weighted by atomic mass is 10.2. The molecule has 0 saturated carbocycles. The molecule has 8 heteroatoms. The van der Waals surface area contributed by atoms with Crippen LogP contribution in [0, 0.1) is 6.92 Å². The van der Waals surface area contributed by atoms with Crippen molar-refractivity contribution >= 4 is 56.0 Å². The number of imide groups is 1. The number of likely N-dealkylation sites (tertiary alicyclic amines) is 1. The average Bonchev–Trinajstić information content (AvgIpc) is 2.96. The van der Waals surface area contributed by atoms with Gasteiger partial charge in [-0.2, -0.15) is 0 Å². The van der Waals surface area contributed by atoms with Crippen molar-refractivity contribution in [2.45, 2.75) is 19.8 Å². The highest BCUT2D eigenvalue weighted by molar-refractivity contribution is 7.22. The van der Waals surface area contributed by atoms with Crippen LogP contribution in [0.1, 0.15) is 18.4 Å². The molecule has 3 amide bonds. The van der Waals surface area contributed by atoms with E-state index in [9.17, 15) is 14.4 Å². The fourth-order valence-electron chi connectivity index (χ4n) is 2.31. The Morgan fingerprint density at radius 1 is 1.36 bits per heavy atom. The van der Waals surface area contributed by atoms with E-state index in [1.165, 1.54) is 11.3 Å². The van der Waals surface area contributed by atoms with Gasteiger partial charge in [0.25, 0.3) is 0 Å². The van der Waals surface area contributed by atoms with Crippen LogP contribution >= 0.6 is 22.9 Å². The first-order chi connectivity index (χ1) is 10.4. The highest BCUT2D eigenvalue weighted by atomic mass is 35.5. The maximum absolute atomic E-state index is 12.0. The van der Waals surface area contributed by atoms with Crippen molar-refractivity contribution in [2.24, 2.45) is 0 Å². The van der Waals surface area contributed by atoms with Gasteiger partial charge in [0.1, 0.15) is 6.54 Å². The number of carbonyl (C=O) groups excluding carboxylic acids is 3. The summed E-state index contributed by atoms with van der Waals surface area (Å²) in [4.78, 5) is 40.3. The van der Waals surface area contributed by atoms with Crippen LogP contribution in [-0.2, 0) is 14.4 Å². The van der Waals surface area contributed by atoms with Crippen LogP contribution in [-0.4, -0.2) is 34.2 Å². The van der Waals surface area contributed by atoms with Gasteiger partial charge in [0.2, 0.25) is 17.7 Å². The normalized spacial score (nSPS) is 14.9. The van der Waals surface area contributed by atoms with Crippen LogP contribution in [0.3, 0.4) is 0 Å². The minimum atomic E-state index is -0.439. The van der Waals surface area contributed by atoms with Crippen LogP contribution in [0.5, 0.6) is 0 Å². The fourth-order valence-corrected chi connectivity index (χ4v) is 3.65. The van der Waals surface area contributed by atoms with Gasteiger partial charge in [0.05, 0.1) is 10.2 Å². The lowest BCUT2D eigenvalue weighted by Crippen LogP contribution is -2.36. The second kappa shape index (κ2) is 5.66. The quantitative estimate of drug-likeness (QED) is 0.872. The van der Waals surface area contributed by atoms with E-state index in [-0.39, 0.29) is 31.2 Å². The molecule has 0 bridgehead atoms. The van der Waals surface area contributed by atoms with Gasteiger partial charge < -0.3 is 5.32 Å². The molecule has 0 atom stereocenters. The summed E-state index contributed by atoms with van der Waals surface area (Å²) < 4.78 is 0.869. The first-order valence-corrected chi connectivity index (χ1v) is 7.83. The van der Waals surface area contributed by atoms with Crippen molar-refractivity contribution in [1.29, 1.82) is 0 Å². The fraction of sp³-hybridized carbons (Fsp3) is 0.286. The summed E-state index contributed by atoms with van der Waals surface area (Å²) in [5.74, 6) is -1.06. The molecule has 1 N–H and O–H groups in total. The van der Waals surface area contributed by atoms with Crippen LogP contribution < -0.4 is 5.32 Å². The predicted molar refractivity (Wildman–Crippen MR) is 84.0 cm³/mol. The smallest absolute Gasteiger partial charge is 0.246 e. The van der Waals surface area contributed by atoms with Crippen molar-refractivity contribution in [3.63, 3.8) is 0 Å². The molecule has 1 aromatic heterocycles. The summed E-state index contributed by atoms with van der Waals surface area (Å²) in [5, 5.41) is 3.66. The van der Waals surface area contributed by atoms with Crippen LogP contribution in [0.25, 0.3) is 10.2 Å². The highest BCUT2D eigenvalue weighted by Gasteiger charge is 2.30. The van der Waals surface area contributed by atoms with E-state index in [1.54, 1.807) is 12.1 Å². The summed E-state index contributed by atoms with van der Waals surface area (Å²) in [6, 6.07) is 3.58. The molecule has 1 aromatic carbocycles. The number of halogens is 1. The third-order valence-corrected chi connectivity index (χ3v) is 4.49. The monoisotopic (exact) mass is 337 g/mol. The van der Waals surface area contributed by atoms with E-state index in [1.807, 2.05) is 6.92 Å². The first kappa shape index (κ1) is 14.9. The Morgan fingerprint density at radius 2 is 2.05 bits per heavy atom. The zero-order chi connectivity index (χ0) is 15.9. The number of amides is 3. The molecule has 0 aliphatic carbocycles. The summed E-state index contributed by atoms with van der Waals surface area (Å²) in [7, 11) is 0. The maximum Gasteiger partial charge on any atom is 0.246 e. The maximum atomic E-state index is 12.0. The zero-order valence-corrected chi connectivity index (χ0v) is 13.3. The molecular formula is C14H12ClN3O3S. The van der Waals surface area contributed by atoms with Crippen molar-refractivity contribution < 1.29 is 14.4 Å². The number of rotatable bonds is 3. The van der Waals surface area contributed by atoms with Gasteiger partial charge in [0, 0.05) is 17.9 Å².